The minimum absolute atomic E-state index is 0.104. The number of para-hydroxylation sites is 1. The van der Waals surface area contributed by atoms with Crippen LogP contribution in [-0.2, 0) is 0 Å². The van der Waals surface area contributed by atoms with Crippen LogP contribution in [0.5, 0.6) is 0 Å². The highest BCUT2D eigenvalue weighted by molar-refractivity contribution is 6.21. The van der Waals surface area contributed by atoms with Crippen LogP contribution in [0, 0.1) is 0 Å². The Bertz CT molecular complexity index is 1910. The highest BCUT2D eigenvalue weighted by Crippen LogP contribution is 2.41. The van der Waals surface area contributed by atoms with Crippen molar-refractivity contribution in [1.82, 2.24) is 0 Å². The SMILES string of the molecule is CC(C)c1cccc(C(C)C)c1C1C=CN=C1c1cccc2c1oc1cc3c(ccc4ccccc43)cc12. The maximum atomic E-state index is 6.68. The largest absolute Gasteiger partial charge is 0.455 e. The molecule has 186 valence electrons. The molecule has 0 amide bonds. The summed E-state index contributed by atoms with van der Waals surface area (Å²) in [5.74, 6) is 0.971. The number of benzene rings is 5. The molecular weight excluding hydrogens is 462 g/mol. The van der Waals surface area contributed by atoms with Crippen LogP contribution >= 0.6 is 0 Å². The molecule has 1 unspecified atom stereocenters. The zero-order chi connectivity index (χ0) is 26.0. The van der Waals surface area contributed by atoms with Crippen LogP contribution in [0.1, 0.15) is 67.7 Å². The van der Waals surface area contributed by atoms with Crippen molar-refractivity contribution in [3.05, 3.63) is 119 Å². The Morgan fingerprint density at radius 2 is 1.37 bits per heavy atom. The second kappa shape index (κ2) is 8.70. The predicted octanol–water partition coefficient (Wildman–Crippen LogP) is 10.2. The topological polar surface area (TPSA) is 25.5 Å². The molecule has 5 aromatic carbocycles. The molecule has 0 saturated heterocycles. The van der Waals surface area contributed by atoms with Crippen molar-refractivity contribution >= 4 is 49.2 Å². The van der Waals surface area contributed by atoms with E-state index in [-0.39, 0.29) is 5.92 Å². The Balaban J connectivity index is 1.44. The van der Waals surface area contributed by atoms with Crippen molar-refractivity contribution < 1.29 is 4.42 Å². The molecule has 6 aromatic rings. The van der Waals surface area contributed by atoms with Crippen LogP contribution in [0.2, 0.25) is 0 Å². The van der Waals surface area contributed by atoms with Gasteiger partial charge in [0.05, 0.1) is 5.71 Å². The van der Waals surface area contributed by atoms with E-state index in [1.54, 1.807) is 0 Å². The minimum atomic E-state index is 0.104. The van der Waals surface area contributed by atoms with Gasteiger partial charge in [-0.3, -0.25) is 4.99 Å². The van der Waals surface area contributed by atoms with Crippen LogP contribution in [0.25, 0.3) is 43.5 Å². The fourth-order valence-corrected chi connectivity index (χ4v) is 6.32. The van der Waals surface area contributed by atoms with Gasteiger partial charge in [-0.05, 0) is 68.3 Å². The van der Waals surface area contributed by atoms with Gasteiger partial charge < -0.3 is 4.42 Å². The van der Waals surface area contributed by atoms with Gasteiger partial charge in [-0.2, -0.15) is 0 Å². The molecule has 0 spiro atoms. The van der Waals surface area contributed by atoms with Crippen molar-refractivity contribution in [1.29, 1.82) is 0 Å². The molecule has 0 radical (unpaired) electrons. The molecule has 0 fully saturated rings. The number of hydrogen-bond donors (Lipinski definition) is 0. The first-order valence-electron chi connectivity index (χ1n) is 13.7. The lowest BCUT2D eigenvalue weighted by molar-refractivity contribution is 0.668. The van der Waals surface area contributed by atoms with Crippen LogP contribution in [0.4, 0.5) is 0 Å². The lowest BCUT2D eigenvalue weighted by Crippen LogP contribution is -2.15. The molecule has 38 heavy (non-hydrogen) atoms. The molecule has 2 nitrogen and oxygen atoms in total. The zero-order valence-electron chi connectivity index (χ0n) is 22.3. The number of furan rings is 1. The van der Waals surface area contributed by atoms with Gasteiger partial charge >= 0.3 is 0 Å². The number of fused-ring (bicyclic) bond motifs is 6. The summed E-state index contributed by atoms with van der Waals surface area (Å²) in [6, 6.07) is 30.8. The maximum absolute atomic E-state index is 6.68. The van der Waals surface area contributed by atoms with Crippen LogP contribution < -0.4 is 0 Å². The Labute approximate surface area is 223 Å². The average Bonchev–Trinajstić information content (AvgIpc) is 3.56. The molecule has 1 aromatic heterocycles. The fraction of sp³-hybridized carbons (Fsp3) is 0.194. The maximum Gasteiger partial charge on any atom is 0.144 e. The number of rotatable bonds is 4. The van der Waals surface area contributed by atoms with Crippen molar-refractivity contribution in [3.63, 3.8) is 0 Å². The predicted molar refractivity (Wildman–Crippen MR) is 162 cm³/mol. The molecule has 2 heteroatoms. The molecule has 0 bridgehead atoms. The second-order valence-electron chi connectivity index (χ2n) is 11.1. The Morgan fingerprint density at radius 3 is 2.16 bits per heavy atom. The summed E-state index contributed by atoms with van der Waals surface area (Å²) in [6.45, 7) is 9.14. The molecule has 7 rings (SSSR count). The average molecular weight is 494 g/mol. The van der Waals surface area contributed by atoms with Crippen molar-refractivity contribution in [2.75, 3.05) is 0 Å². The van der Waals surface area contributed by atoms with Crippen molar-refractivity contribution in [3.8, 4) is 0 Å². The number of hydrogen-bond acceptors (Lipinski definition) is 2. The molecule has 2 heterocycles. The third-order valence-corrected chi connectivity index (χ3v) is 8.15. The van der Waals surface area contributed by atoms with E-state index >= 15 is 0 Å². The molecule has 1 atom stereocenters. The van der Waals surface area contributed by atoms with Crippen LogP contribution in [0.15, 0.2) is 107 Å². The van der Waals surface area contributed by atoms with Gasteiger partial charge in [-0.1, -0.05) is 101 Å². The third kappa shape index (κ3) is 3.44. The molecule has 0 saturated carbocycles. The van der Waals surface area contributed by atoms with E-state index in [0.717, 1.165) is 33.2 Å². The fourth-order valence-electron chi connectivity index (χ4n) is 6.32. The van der Waals surface area contributed by atoms with E-state index < -0.39 is 0 Å². The normalized spacial score (nSPS) is 15.6. The first-order chi connectivity index (χ1) is 18.5. The van der Waals surface area contributed by atoms with E-state index in [9.17, 15) is 0 Å². The van der Waals surface area contributed by atoms with Gasteiger partial charge in [0.1, 0.15) is 11.2 Å². The molecule has 1 aliphatic heterocycles. The van der Waals surface area contributed by atoms with Crippen molar-refractivity contribution in [2.24, 2.45) is 4.99 Å². The summed E-state index contributed by atoms with van der Waals surface area (Å²) in [7, 11) is 0. The molecule has 0 aliphatic carbocycles. The first kappa shape index (κ1) is 23.0. The number of allylic oxidation sites excluding steroid dienone is 1. The van der Waals surface area contributed by atoms with Gasteiger partial charge in [0.25, 0.3) is 0 Å². The van der Waals surface area contributed by atoms with Crippen molar-refractivity contribution in [2.45, 2.75) is 45.4 Å². The van der Waals surface area contributed by atoms with Gasteiger partial charge in [0.15, 0.2) is 0 Å². The standard InChI is InChI=1S/C36H31NO/c1-21(2)25-11-7-12-26(22(3)4)34(25)29-17-18-37-35(29)30-14-8-13-28-32-19-24-16-15-23-9-5-6-10-27(23)31(24)20-33(32)38-36(28)30/h5-22,29H,1-4H3. The number of aliphatic imine (C=N–C) groups is 1. The third-order valence-electron chi connectivity index (χ3n) is 8.15. The molecular formula is C36H31NO. The quantitative estimate of drug-likeness (QED) is 0.224. The van der Waals surface area contributed by atoms with Crippen LogP contribution in [0.3, 0.4) is 0 Å². The highest BCUT2D eigenvalue weighted by atomic mass is 16.3. The Kier molecular flexibility index (Phi) is 5.26. The lowest BCUT2D eigenvalue weighted by atomic mass is 9.79. The highest BCUT2D eigenvalue weighted by Gasteiger charge is 2.29. The summed E-state index contributed by atoms with van der Waals surface area (Å²) in [5.41, 5.74) is 8.18. The van der Waals surface area contributed by atoms with Gasteiger partial charge in [-0.15, -0.1) is 0 Å². The molecule has 1 aliphatic rings. The van der Waals surface area contributed by atoms with Gasteiger partial charge in [0.2, 0.25) is 0 Å². The second-order valence-corrected chi connectivity index (χ2v) is 11.1. The van der Waals surface area contributed by atoms with E-state index in [1.807, 2.05) is 6.20 Å². The van der Waals surface area contributed by atoms with Gasteiger partial charge in [0, 0.05) is 28.5 Å². The summed E-state index contributed by atoms with van der Waals surface area (Å²) in [6.07, 6.45) is 4.23. The zero-order valence-corrected chi connectivity index (χ0v) is 22.3. The van der Waals surface area contributed by atoms with Crippen LogP contribution in [-0.4, -0.2) is 5.71 Å². The summed E-state index contributed by atoms with van der Waals surface area (Å²) < 4.78 is 6.68. The summed E-state index contributed by atoms with van der Waals surface area (Å²) in [5, 5.41) is 7.25. The van der Waals surface area contributed by atoms with Gasteiger partial charge in [-0.25, -0.2) is 0 Å². The Morgan fingerprint density at radius 1 is 0.658 bits per heavy atom. The Hall–Kier alpha value is -4.17. The smallest absolute Gasteiger partial charge is 0.144 e. The minimum Gasteiger partial charge on any atom is -0.455 e. The monoisotopic (exact) mass is 493 g/mol. The summed E-state index contributed by atoms with van der Waals surface area (Å²) >= 11 is 0. The van der Waals surface area contributed by atoms with E-state index in [2.05, 4.69) is 119 Å². The lowest BCUT2D eigenvalue weighted by Gasteiger charge is -2.24. The number of nitrogens with zero attached hydrogens (tertiary/aromatic N) is 1. The van der Waals surface area contributed by atoms with E-state index in [0.29, 0.717) is 11.8 Å². The summed E-state index contributed by atoms with van der Waals surface area (Å²) in [4.78, 5) is 4.96. The van der Waals surface area contributed by atoms with E-state index in [1.165, 1.54) is 38.2 Å². The molecule has 0 N–H and O–H groups in total. The van der Waals surface area contributed by atoms with E-state index in [4.69, 9.17) is 9.41 Å². The first-order valence-corrected chi connectivity index (χ1v) is 13.7.